The first-order chi connectivity index (χ1) is 9.10. The number of nitrogens with two attached hydrogens (primary N) is 1. The molecule has 0 aromatic heterocycles. The van der Waals surface area contributed by atoms with Gasteiger partial charge in [-0.3, -0.25) is 4.90 Å². The van der Waals surface area contributed by atoms with Crippen LogP contribution >= 0.6 is 0 Å². The standard InChI is InChI=1S/C15H24FN3/c1-3-19-8-4-5-14(19)11-18(2)10-12-6-7-13(16)9-15(12)17/h6-7,9,14H,3-5,8,10-11,17H2,1-2H3. The van der Waals surface area contributed by atoms with Crippen LogP contribution in [0.15, 0.2) is 18.2 Å². The van der Waals surface area contributed by atoms with Crippen LogP contribution in [0, 0.1) is 5.82 Å². The monoisotopic (exact) mass is 265 g/mol. The van der Waals surface area contributed by atoms with Gasteiger partial charge in [0.25, 0.3) is 0 Å². The van der Waals surface area contributed by atoms with Crippen molar-refractivity contribution in [1.82, 2.24) is 9.80 Å². The third kappa shape index (κ3) is 3.67. The Bertz CT molecular complexity index is 422. The zero-order valence-electron chi connectivity index (χ0n) is 11.9. The summed E-state index contributed by atoms with van der Waals surface area (Å²) in [5.41, 5.74) is 7.41. The number of halogens is 1. The van der Waals surface area contributed by atoms with Gasteiger partial charge in [0.2, 0.25) is 0 Å². The summed E-state index contributed by atoms with van der Waals surface area (Å²) >= 11 is 0. The zero-order valence-corrected chi connectivity index (χ0v) is 11.9. The number of hydrogen-bond acceptors (Lipinski definition) is 3. The fraction of sp³-hybridized carbons (Fsp3) is 0.600. The fourth-order valence-electron chi connectivity index (χ4n) is 2.94. The van der Waals surface area contributed by atoms with Gasteiger partial charge >= 0.3 is 0 Å². The third-order valence-corrected chi connectivity index (χ3v) is 3.98. The molecule has 1 unspecified atom stereocenters. The van der Waals surface area contributed by atoms with Crippen molar-refractivity contribution in [2.75, 3.05) is 32.4 Å². The Labute approximate surface area is 115 Å². The van der Waals surface area contributed by atoms with Gasteiger partial charge in [0.1, 0.15) is 5.82 Å². The van der Waals surface area contributed by atoms with Crippen molar-refractivity contribution in [1.29, 1.82) is 0 Å². The van der Waals surface area contributed by atoms with Crippen LogP contribution in [0.3, 0.4) is 0 Å². The van der Waals surface area contributed by atoms with Gasteiger partial charge in [-0.05, 0) is 50.7 Å². The maximum Gasteiger partial charge on any atom is 0.125 e. The molecular weight excluding hydrogens is 241 g/mol. The molecule has 19 heavy (non-hydrogen) atoms. The molecule has 0 radical (unpaired) electrons. The molecule has 0 amide bonds. The summed E-state index contributed by atoms with van der Waals surface area (Å²) in [5.74, 6) is -0.267. The van der Waals surface area contributed by atoms with Gasteiger partial charge in [0.05, 0.1) is 0 Å². The predicted octanol–water partition coefficient (Wildman–Crippen LogP) is 2.32. The normalized spacial score (nSPS) is 20.3. The zero-order chi connectivity index (χ0) is 13.8. The number of rotatable bonds is 5. The summed E-state index contributed by atoms with van der Waals surface area (Å²) in [4.78, 5) is 4.81. The quantitative estimate of drug-likeness (QED) is 0.829. The second kappa shape index (κ2) is 6.35. The number of nitrogens with zero attached hydrogens (tertiary/aromatic N) is 2. The molecule has 106 valence electrons. The van der Waals surface area contributed by atoms with Gasteiger partial charge in [-0.15, -0.1) is 0 Å². The molecule has 4 heteroatoms. The third-order valence-electron chi connectivity index (χ3n) is 3.98. The van der Waals surface area contributed by atoms with E-state index in [9.17, 15) is 4.39 Å². The lowest BCUT2D eigenvalue weighted by Gasteiger charge is -2.28. The number of benzene rings is 1. The molecule has 1 heterocycles. The van der Waals surface area contributed by atoms with E-state index in [4.69, 9.17) is 5.73 Å². The van der Waals surface area contributed by atoms with Crippen LogP contribution in [0.25, 0.3) is 0 Å². The van der Waals surface area contributed by atoms with Crippen molar-refractivity contribution in [2.45, 2.75) is 32.4 Å². The molecule has 1 aromatic rings. The van der Waals surface area contributed by atoms with Crippen LogP contribution < -0.4 is 5.73 Å². The van der Waals surface area contributed by atoms with Crippen molar-refractivity contribution in [2.24, 2.45) is 0 Å². The first kappa shape index (κ1) is 14.3. The van der Waals surface area contributed by atoms with E-state index in [-0.39, 0.29) is 5.82 Å². The second-order valence-corrected chi connectivity index (χ2v) is 5.46. The Balaban J connectivity index is 1.92. The molecular formula is C15H24FN3. The Kier molecular flexibility index (Phi) is 4.77. The maximum atomic E-state index is 13.0. The minimum atomic E-state index is -0.267. The van der Waals surface area contributed by atoms with Crippen LogP contribution in [0.1, 0.15) is 25.3 Å². The smallest absolute Gasteiger partial charge is 0.125 e. The predicted molar refractivity (Wildman–Crippen MR) is 77.4 cm³/mol. The van der Waals surface area contributed by atoms with Crippen molar-refractivity contribution in [3.8, 4) is 0 Å². The summed E-state index contributed by atoms with van der Waals surface area (Å²) in [7, 11) is 2.11. The molecule has 1 atom stereocenters. The highest BCUT2D eigenvalue weighted by atomic mass is 19.1. The number of likely N-dealkylation sites (N-methyl/N-ethyl adjacent to an activating group) is 2. The minimum Gasteiger partial charge on any atom is -0.398 e. The molecule has 0 spiro atoms. The first-order valence-corrected chi connectivity index (χ1v) is 7.06. The van der Waals surface area contributed by atoms with Crippen molar-refractivity contribution < 1.29 is 4.39 Å². The highest BCUT2D eigenvalue weighted by Gasteiger charge is 2.24. The van der Waals surface area contributed by atoms with Gasteiger partial charge in [-0.25, -0.2) is 4.39 Å². The summed E-state index contributed by atoms with van der Waals surface area (Å²) in [6.45, 7) is 6.38. The summed E-state index contributed by atoms with van der Waals surface area (Å²) in [5, 5.41) is 0. The Morgan fingerprint density at radius 1 is 1.47 bits per heavy atom. The van der Waals surface area contributed by atoms with E-state index >= 15 is 0 Å². The number of nitrogen functional groups attached to an aromatic ring is 1. The van der Waals surface area contributed by atoms with E-state index in [2.05, 4.69) is 23.8 Å². The van der Waals surface area contributed by atoms with Gasteiger partial charge in [-0.1, -0.05) is 13.0 Å². The number of hydrogen-bond donors (Lipinski definition) is 1. The average molecular weight is 265 g/mol. The first-order valence-electron chi connectivity index (χ1n) is 7.06. The second-order valence-electron chi connectivity index (χ2n) is 5.46. The molecule has 0 bridgehead atoms. The molecule has 0 aliphatic carbocycles. The SMILES string of the molecule is CCN1CCCC1CN(C)Cc1ccc(F)cc1N. The van der Waals surface area contributed by atoms with Gasteiger partial charge < -0.3 is 10.6 Å². The van der Waals surface area contributed by atoms with Crippen molar-refractivity contribution in [3.05, 3.63) is 29.6 Å². The molecule has 1 aliphatic rings. The average Bonchev–Trinajstić information content (AvgIpc) is 2.80. The topological polar surface area (TPSA) is 32.5 Å². The van der Waals surface area contributed by atoms with Crippen LogP contribution in [0.4, 0.5) is 10.1 Å². The number of likely N-dealkylation sites (tertiary alicyclic amines) is 1. The van der Waals surface area contributed by atoms with E-state index in [1.165, 1.54) is 31.5 Å². The molecule has 2 rings (SSSR count). The molecule has 1 aromatic carbocycles. The molecule has 1 fully saturated rings. The maximum absolute atomic E-state index is 13.0. The Hall–Kier alpha value is -1.13. The fourth-order valence-corrected chi connectivity index (χ4v) is 2.94. The lowest BCUT2D eigenvalue weighted by Crippen LogP contribution is -2.38. The van der Waals surface area contributed by atoms with Gasteiger partial charge in [0.15, 0.2) is 0 Å². The molecule has 0 saturated carbocycles. The Morgan fingerprint density at radius 3 is 2.95 bits per heavy atom. The molecule has 3 nitrogen and oxygen atoms in total. The van der Waals surface area contributed by atoms with Gasteiger partial charge in [0, 0.05) is 24.8 Å². The van der Waals surface area contributed by atoms with Crippen LogP contribution in [-0.2, 0) is 6.54 Å². The van der Waals surface area contributed by atoms with E-state index in [0.29, 0.717) is 11.7 Å². The van der Waals surface area contributed by atoms with E-state index in [1.807, 2.05) is 0 Å². The largest absolute Gasteiger partial charge is 0.398 e. The lowest BCUT2D eigenvalue weighted by atomic mass is 10.1. The van der Waals surface area contributed by atoms with Crippen molar-refractivity contribution in [3.63, 3.8) is 0 Å². The minimum absolute atomic E-state index is 0.267. The highest BCUT2D eigenvalue weighted by molar-refractivity contribution is 5.46. The summed E-state index contributed by atoms with van der Waals surface area (Å²) in [6, 6.07) is 5.31. The Morgan fingerprint density at radius 2 is 2.26 bits per heavy atom. The molecule has 1 aliphatic heterocycles. The van der Waals surface area contributed by atoms with E-state index in [1.54, 1.807) is 6.07 Å². The van der Waals surface area contributed by atoms with Crippen molar-refractivity contribution >= 4 is 5.69 Å². The lowest BCUT2D eigenvalue weighted by molar-refractivity contribution is 0.195. The van der Waals surface area contributed by atoms with E-state index < -0.39 is 0 Å². The molecule has 1 saturated heterocycles. The number of anilines is 1. The molecule has 2 N–H and O–H groups in total. The van der Waals surface area contributed by atoms with Crippen LogP contribution in [0.2, 0.25) is 0 Å². The summed E-state index contributed by atoms with van der Waals surface area (Å²) < 4.78 is 13.0. The van der Waals surface area contributed by atoms with E-state index in [0.717, 1.165) is 25.2 Å². The van der Waals surface area contributed by atoms with Crippen LogP contribution in [-0.4, -0.2) is 42.5 Å². The highest BCUT2D eigenvalue weighted by Crippen LogP contribution is 2.19. The summed E-state index contributed by atoms with van der Waals surface area (Å²) in [6.07, 6.45) is 2.57. The van der Waals surface area contributed by atoms with Crippen LogP contribution in [0.5, 0.6) is 0 Å². The van der Waals surface area contributed by atoms with Gasteiger partial charge in [-0.2, -0.15) is 0 Å².